The van der Waals surface area contributed by atoms with E-state index in [0.717, 1.165) is 17.8 Å². The standard InChI is InChI=1S/C17H9F3N2O5S/c18-17(19,20)10-3-6-13(12(8-10)22(25)26)27-11-4-1-9(2-5-11)7-14-15(23)21-16(24)28-14/h1-8H,(H,21,23,24)/b14-7-. The fraction of sp³-hybridized carbons (Fsp3) is 0.0588. The summed E-state index contributed by atoms with van der Waals surface area (Å²) >= 11 is 0.747. The zero-order valence-corrected chi connectivity index (χ0v) is 14.5. The summed E-state index contributed by atoms with van der Waals surface area (Å²) in [6.07, 6.45) is -3.25. The van der Waals surface area contributed by atoms with Crippen LogP contribution in [0.15, 0.2) is 47.4 Å². The monoisotopic (exact) mass is 410 g/mol. The molecule has 2 aromatic carbocycles. The van der Waals surface area contributed by atoms with Crippen LogP contribution in [0.1, 0.15) is 11.1 Å². The van der Waals surface area contributed by atoms with Crippen molar-refractivity contribution in [1.29, 1.82) is 0 Å². The number of hydrogen-bond donors (Lipinski definition) is 1. The number of nitrogens with zero attached hydrogens (tertiary/aromatic N) is 1. The molecular formula is C17H9F3N2O5S. The van der Waals surface area contributed by atoms with Gasteiger partial charge in [0.15, 0.2) is 0 Å². The quantitative estimate of drug-likeness (QED) is 0.445. The Bertz CT molecular complexity index is 1000. The van der Waals surface area contributed by atoms with Gasteiger partial charge in [-0.25, -0.2) is 0 Å². The van der Waals surface area contributed by atoms with Crippen LogP contribution in [0.4, 0.5) is 23.7 Å². The molecule has 1 aliphatic heterocycles. The van der Waals surface area contributed by atoms with Gasteiger partial charge in [0.05, 0.1) is 15.4 Å². The summed E-state index contributed by atoms with van der Waals surface area (Å²) < 4.78 is 43.5. The molecule has 1 saturated heterocycles. The van der Waals surface area contributed by atoms with E-state index >= 15 is 0 Å². The highest BCUT2D eigenvalue weighted by atomic mass is 32.2. The number of imide groups is 1. The van der Waals surface area contributed by atoms with Crippen molar-refractivity contribution in [2.24, 2.45) is 0 Å². The number of rotatable bonds is 4. The average Bonchev–Trinajstić information content (AvgIpc) is 2.93. The number of amides is 2. The normalized spacial score (nSPS) is 15.6. The Balaban J connectivity index is 1.83. The Morgan fingerprint density at radius 3 is 2.32 bits per heavy atom. The number of halogens is 3. The van der Waals surface area contributed by atoms with Crippen molar-refractivity contribution in [3.63, 3.8) is 0 Å². The number of carbonyl (C=O) groups excluding carboxylic acids is 2. The second kappa shape index (κ2) is 7.35. The minimum absolute atomic E-state index is 0.143. The molecule has 2 aromatic rings. The summed E-state index contributed by atoms with van der Waals surface area (Å²) in [5.41, 5.74) is -1.42. The molecule has 1 fully saturated rings. The predicted octanol–water partition coefficient (Wildman–Crippen LogP) is 4.73. The Morgan fingerprint density at radius 1 is 1.11 bits per heavy atom. The number of nitro groups is 1. The van der Waals surface area contributed by atoms with E-state index in [2.05, 4.69) is 5.32 Å². The van der Waals surface area contributed by atoms with Gasteiger partial charge in [0.25, 0.3) is 11.1 Å². The molecular weight excluding hydrogens is 401 g/mol. The van der Waals surface area contributed by atoms with Gasteiger partial charge in [0.2, 0.25) is 5.75 Å². The second-order valence-corrected chi connectivity index (χ2v) is 6.48. The fourth-order valence-corrected chi connectivity index (χ4v) is 2.94. The molecule has 0 aromatic heterocycles. The van der Waals surface area contributed by atoms with E-state index in [0.29, 0.717) is 17.7 Å². The second-order valence-electron chi connectivity index (χ2n) is 5.46. The molecule has 0 aliphatic carbocycles. The number of nitrogens with one attached hydrogen (secondary N) is 1. The first-order valence-corrected chi connectivity index (χ1v) is 8.33. The minimum Gasteiger partial charge on any atom is -0.450 e. The number of alkyl halides is 3. The van der Waals surface area contributed by atoms with Gasteiger partial charge in [-0.05, 0) is 47.7 Å². The third-order valence-electron chi connectivity index (χ3n) is 3.53. The topological polar surface area (TPSA) is 98.5 Å². The van der Waals surface area contributed by atoms with Gasteiger partial charge in [-0.2, -0.15) is 13.2 Å². The first kappa shape index (κ1) is 19.4. The van der Waals surface area contributed by atoms with Crippen LogP contribution >= 0.6 is 11.8 Å². The van der Waals surface area contributed by atoms with Gasteiger partial charge in [0, 0.05) is 6.07 Å². The number of hydrogen-bond acceptors (Lipinski definition) is 6. The number of ether oxygens (including phenoxy) is 1. The van der Waals surface area contributed by atoms with Crippen LogP contribution in [-0.2, 0) is 11.0 Å². The summed E-state index contributed by atoms with van der Waals surface area (Å²) in [7, 11) is 0. The highest BCUT2D eigenvalue weighted by Crippen LogP contribution is 2.38. The van der Waals surface area contributed by atoms with Gasteiger partial charge in [0.1, 0.15) is 5.75 Å². The van der Waals surface area contributed by atoms with Gasteiger partial charge in [-0.1, -0.05) is 12.1 Å². The first-order chi connectivity index (χ1) is 13.1. The molecule has 0 atom stereocenters. The molecule has 1 N–H and O–H groups in total. The molecule has 1 aliphatic rings. The zero-order valence-electron chi connectivity index (χ0n) is 13.6. The highest BCUT2D eigenvalue weighted by Gasteiger charge is 2.33. The minimum atomic E-state index is -4.72. The van der Waals surface area contributed by atoms with Crippen LogP contribution in [-0.4, -0.2) is 16.1 Å². The van der Waals surface area contributed by atoms with E-state index in [-0.39, 0.29) is 16.4 Å². The number of carbonyl (C=O) groups is 2. The van der Waals surface area contributed by atoms with Crippen LogP contribution in [0.2, 0.25) is 0 Å². The maximum Gasteiger partial charge on any atom is 0.416 e. The predicted molar refractivity (Wildman–Crippen MR) is 93.7 cm³/mol. The summed E-state index contributed by atoms with van der Waals surface area (Å²) in [6, 6.07) is 7.86. The Labute approximate surface area is 159 Å². The van der Waals surface area contributed by atoms with E-state index in [4.69, 9.17) is 4.74 Å². The van der Waals surface area contributed by atoms with E-state index in [1.807, 2.05) is 0 Å². The molecule has 3 rings (SSSR count). The van der Waals surface area contributed by atoms with Crippen LogP contribution < -0.4 is 10.1 Å². The maximum absolute atomic E-state index is 12.7. The third-order valence-corrected chi connectivity index (χ3v) is 4.34. The molecule has 0 saturated carbocycles. The zero-order chi connectivity index (χ0) is 20.5. The van der Waals surface area contributed by atoms with E-state index < -0.39 is 33.5 Å². The average molecular weight is 410 g/mol. The maximum atomic E-state index is 12.7. The number of benzene rings is 2. The van der Waals surface area contributed by atoms with E-state index in [1.54, 1.807) is 0 Å². The Morgan fingerprint density at radius 2 is 1.79 bits per heavy atom. The van der Waals surface area contributed by atoms with Crippen LogP contribution in [0, 0.1) is 10.1 Å². The van der Waals surface area contributed by atoms with Crippen molar-refractivity contribution in [3.8, 4) is 11.5 Å². The van der Waals surface area contributed by atoms with Gasteiger partial charge in [-0.15, -0.1) is 0 Å². The van der Waals surface area contributed by atoms with Crippen molar-refractivity contribution in [2.75, 3.05) is 0 Å². The molecule has 0 bridgehead atoms. The number of thioether (sulfide) groups is 1. The lowest BCUT2D eigenvalue weighted by atomic mass is 10.1. The van der Waals surface area contributed by atoms with Crippen molar-refractivity contribution >= 4 is 34.7 Å². The van der Waals surface area contributed by atoms with E-state index in [1.165, 1.54) is 30.3 Å². The lowest BCUT2D eigenvalue weighted by Crippen LogP contribution is -2.17. The van der Waals surface area contributed by atoms with Crippen molar-refractivity contribution in [3.05, 3.63) is 68.6 Å². The molecule has 11 heteroatoms. The molecule has 0 radical (unpaired) electrons. The lowest BCUT2D eigenvalue weighted by Gasteiger charge is -2.10. The highest BCUT2D eigenvalue weighted by molar-refractivity contribution is 8.18. The fourth-order valence-electron chi connectivity index (χ4n) is 2.25. The van der Waals surface area contributed by atoms with Crippen molar-refractivity contribution < 1.29 is 32.4 Å². The third kappa shape index (κ3) is 4.31. The molecule has 2 amide bonds. The largest absolute Gasteiger partial charge is 0.450 e. The van der Waals surface area contributed by atoms with Crippen molar-refractivity contribution in [1.82, 2.24) is 5.32 Å². The molecule has 28 heavy (non-hydrogen) atoms. The van der Waals surface area contributed by atoms with Gasteiger partial charge in [-0.3, -0.25) is 25.0 Å². The van der Waals surface area contributed by atoms with Crippen molar-refractivity contribution in [2.45, 2.75) is 6.18 Å². The summed E-state index contributed by atoms with van der Waals surface area (Å²) in [5, 5.41) is 12.7. The Kier molecular flexibility index (Phi) is 5.10. The molecule has 1 heterocycles. The van der Waals surface area contributed by atoms with E-state index in [9.17, 15) is 32.9 Å². The van der Waals surface area contributed by atoms with Crippen LogP contribution in [0.5, 0.6) is 11.5 Å². The van der Waals surface area contributed by atoms with Crippen LogP contribution in [0.3, 0.4) is 0 Å². The molecule has 0 spiro atoms. The summed E-state index contributed by atoms with van der Waals surface area (Å²) in [6.45, 7) is 0. The lowest BCUT2D eigenvalue weighted by molar-refractivity contribution is -0.385. The SMILES string of the molecule is O=C1NC(=O)/C(=C/c2ccc(Oc3ccc(C(F)(F)F)cc3[N+](=O)[O-])cc2)S1. The number of nitro benzene ring substituents is 1. The Hall–Kier alpha value is -3.34. The smallest absolute Gasteiger partial charge is 0.416 e. The first-order valence-electron chi connectivity index (χ1n) is 7.52. The summed E-state index contributed by atoms with van der Waals surface area (Å²) in [4.78, 5) is 33.0. The van der Waals surface area contributed by atoms with Crippen LogP contribution in [0.25, 0.3) is 6.08 Å². The molecule has 0 unspecified atom stereocenters. The molecule has 7 nitrogen and oxygen atoms in total. The van der Waals surface area contributed by atoms with Gasteiger partial charge < -0.3 is 4.74 Å². The summed E-state index contributed by atoms with van der Waals surface area (Å²) in [5.74, 6) is -0.722. The van der Waals surface area contributed by atoms with Gasteiger partial charge >= 0.3 is 11.9 Å². The molecule has 144 valence electrons.